The fraction of sp³-hybridized carbons (Fsp3) is 0.323. The van der Waals surface area contributed by atoms with E-state index in [0.717, 1.165) is 12.5 Å². The van der Waals surface area contributed by atoms with Crippen LogP contribution in [0, 0.1) is 0 Å². The summed E-state index contributed by atoms with van der Waals surface area (Å²) in [5.74, 6) is -1.80. The number of ether oxygens (including phenoxy) is 5. The molecule has 1 heterocycles. The fourth-order valence-electron chi connectivity index (χ4n) is 4.31. The lowest BCUT2D eigenvalue weighted by Gasteiger charge is -2.44. The van der Waals surface area contributed by atoms with Gasteiger partial charge in [0, 0.05) is 20.8 Å². The second-order valence-electron chi connectivity index (χ2n) is 9.62. The number of hydrogen-bond donors (Lipinski definition) is 0. The summed E-state index contributed by atoms with van der Waals surface area (Å²) in [6, 6.07) is 25.3. The zero-order valence-electron chi connectivity index (χ0n) is 24.3. The maximum atomic E-state index is 14.3. The smallest absolute Gasteiger partial charge is 0.463 e. The summed E-state index contributed by atoms with van der Waals surface area (Å²) < 4.78 is 60.2. The van der Waals surface area contributed by atoms with E-state index in [0.29, 0.717) is 0 Å². The minimum Gasteiger partial charge on any atom is -0.463 e. The molecule has 0 bridgehead atoms. The van der Waals surface area contributed by atoms with Gasteiger partial charge in [0.15, 0.2) is 12.2 Å². The molecule has 1 aliphatic heterocycles. The Morgan fingerprint density at radius 2 is 1.18 bits per heavy atom. The third kappa shape index (κ3) is 9.65. The van der Waals surface area contributed by atoms with Gasteiger partial charge in [0.05, 0.1) is 6.61 Å². The van der Waals surface area contributed by atoms with E-state index in [-0.39, 0.29) is 18.1 Å². The van der Waals surface area contributed by atoms with Gasteiger partial charge >= 0.3 is 25.7 Å². The SMILES string of the molecule is CC(=O)OC[C@H]1O[C@@H](OP(=O)(Oc2ccccc2)Oc2ccccc2)[C@@H](OC(C)=O)[C@H](OCc2ccccc2)[C@@H]1OC(C)=O. The van der Waals surface area contributed by atoms with E-state index in [1.165, 1.54) is 13.8 Å². The second-order valence-corrected chi connectivity index (χ2v) is 11.1. The van der Waals surface area contributed by atoms with Crippen LogP contribution in [0.25, 0.3) is 0 Å². The molecule has 0 saturated carbocycles. The number of para-hydroxylation sites is 2. The van der Waals surface area contributed by atoms with Crippen LogP contribution < -0.4 is 9.05 Å². The van der Waals surface area contributed by atoms with Gasteiger partial charge in [-0.2, -0.15) is 0 Å². The minimum atomic E-state index is -4.62. The molecule has 1 fully saturated rings. The molecule has 0 amide bonds. The Hall–Kier alpha value is -4.22. The first-order valence-electron chi connectivity index (χ1n) is 13.7. The Balaban J connectivity index is 1.73. The Kier molecular flexibility index (Phi) is 11.5. The van der Waals surface area contributed by atoms with Crippen molar-refractivity contribution in [3.63, 3.8) is 0 Å². The monoisotopic (exact) mass is 628 g/mol. The van der Waals surface area contributed by atoms with E-state index in [2.05, 4.69) is 0 Å². The normalized spacial score (nSPS) is 21.5. The molecule has 3 aromatic rings. The van der Waals surface area contributed by atoms with Crippen LogP contribution in [-0.4, -0.2) is 55.2 Å². The Morgan fingerprint density at radius 3 is 1.68 bits per heavy atom. The number of esters is 3. The van der Waals surface area contributed by atoms with Gasteiger partial charge in [0.25, 0.3) is 0 Å². The second kappa shape index (κ2) is 15.5. The molecule has 0 spiro atoms. The lowest BCUT2D eigenvalue weighted by Crippen LogP contribution is -2.62. The minimum absolute atomic E-state index is 0.00721. The maximum Gasteiger partial charge on any atom is 0.590 e. The van der Waals surface area contributed by atoms with E-state index in [1.54, 1.807) is 72.8 Å². The molecule has 0 radical (unpaired) electrons. The maximum absolute atomic E-state index is 14.3. The quantitative estimate of drug-likeness (QED) is 0.143. The number of benzene rings is 3. The van der Waals surface area contributed by atoms with E-state index in [9.17, 15) is 18.9 Å². The van der Waals surface area contributed by atoms with Gasteiger partial charge in [-0.25, -0.2) is 9.09 Å². The molecule has 0 N–H and O–H groups in total. The first-order chi connectivity index (χ1) is 21.1. The summed E-state index contributed by atoms with van der Waals surface area (Å²) in [5.41, 5.74) is 0.752. The molecule has 4 rings (SSSR count). The van der Waals surface area contributed by atoms with Crippen molar-refractivity contribution >= 4 is 25.7 Å². The van der Waals surface area contributed by atoms with Crippen LogP contribution >= 0.6 is 7.82 Å². The van der Waals surface area contributed by atoms with Gasteiger partial charge in [-0.1, -0.05) is 66.7 Å². The summed E-state index contributed by atoms with van der Waals surface area (Å²) in [7, 11) is -4.62. The van der Waals surface area contributed by atoms with E-state index in [1.807, 2.05) is 18.2 Å². The van der Waals surface area contributed by atoms with Crippen molar-refractivity contribution in [3.05, 3.63) is 96.6 Å². The Bertz CT molecular complexity index is 1370. The van der Waals surface area contributed by atoms with Crippen LogP contribution in [0.2, 0.25) is 0 Å². The molecule has 1 saturated heterocycles. The largest absolute Gasteiger partial charge is 0.590 e. The Labute approximate surface area is 254 Å². The van der Waals surface area contributed by atoms with Crippen molar-refractivity contribution in [1.82, 2.24) is 0 Å². The average molecular weight is 629 g/mol. The van der Waals surface area contributed by atoms with Crippen LogP contribution in [0.1, 0.15) is 26.3 Å². The van der Waals surface area contributed by atoms with Crippen molar-refractivity contribution in [1.29, 1.82) is 0 Å². The van der Waals surface area contributed by atoms with Crippen molar-refractivity contribution in [3.8, 4) is 11.5 Å². The third-order valence-electron chi connectivity index (χ3n) is 6.09. The van der Waals surface area contributed by atoms with Gasteiger partial charge in [-0.05, 0) is 29.8 Å². The van der Waals surface area contributed by atoms with Crippen molar-refractivity contribution in [2.24, 2.45) is 0 Å². The molecule has 44 heavy (non-hydrogen) atoms. The number of carbonyl (C=O) groups excluding carboxylic acids is 3. The summed E-state index contributed by atoms with van der Waals surface area (Å²) in [4.78, 5) is 36.3. The predicted molar refractivity (Wildman–Crippen MR) is 154 cm³/mol. The topological polar surface area (TPSA) is 142 Å². The third-order valence-corrected chi connectivity index (χ3v) is 7.42. The number of phosphoric ester groups is 1. The molecule has 5 atom stereocenters. The summed E-state index contributed by atoms with van der Waals surface area (Å²) in [6.07, 6.45) is -6.83. The van der Waals surface area contributed by atoms with Crippen LogP contribution in [0.5, 0.6) is 11.5 Å². The number of phosphoric acid groups is 1. The zero-order valence-corrected chi connectivity index (χ0v) is 25.2. The summed E-state index contributed by atoms with van der Waals surface area (Å²) in [6.45, 7) is 3.10. The highest BCUT2D eigenvalue weighted by Gasteiger charge is 2.54. The fourth-order valence-corrected chi connectivity index (χ4v) is 5.62. The molecule has 0 aliphatic carbocycles. The molecule has 0 unspecified atom stereocenters. The molecule has 234 valence electrons. The predicted octanol–water partition coefficient (Wildman–Crippen LogP) is 5.01. The van der Waals surface area contributed by atoms with Crippen LogP contribution in [0.3, 0.4) is 0 Å². The van der Waals surface area contributed by atoms with Gasteiger partial charge in [0.1, 0.15) is 30.3 Å². The summed E-state index contributed by atoms with van der Waals surface area (Å²) in [5, 5.41) is 0. The summed E-state index contributed by atoms with van der Waals surface area (Å²) >= 11 is 0. The first kappa shape index (κ1) is 32.7. The van der Waals surface area contributed by atoms with Crippen molar-refractivity contribution in [2.45, 2.75) is 58.1 Å². The highest BCUT2D eigenvalue weighted by atomic mass is 31.2. The molecule has 0 aromatic heterocycles. The van der Waals surface area contributed by atoms with E-state index < -0.39 is 63.0 Å². The molecular formula is C31H33O12P. The number of hydrogen-bond acceptors (Lipinski definition) is 12. The highest BCUT2D eigenvalue weighted by molar-refractivity contribution is 7.49. The van der Waals surface area contributed by atoms with Crippen molar-refractivity contribution in [2.75, 3.05) is 6.61 Å². The van der Waals surface area contributed by atoms with Crippen LogP contribution in [0.15, 0.2) is 91.0 Å². The van der Waals surface area contributed by atoms with E-state index in [4.69, 9.17) is 37.3 Å². The Morgan fingerprint density at radius 1 is 0.682 bits per heavy atom. The van der Waals surface area contributed by atoms with Gasteiger partial charge in [-0.3, -0.25) is 14.4 Å². The van der Waals surface area contributed by atoms with Crippen molar-refractivity contribution < 1.29 is 56.2 Å². The standard InChI is InChI=1S/C31H33O12P/c1-21(32)36-20-27-28(38-22(2)33)29(37-19-24-13-7-4-8-14-24)30(39-23(3)34)31(40-27)43-44(35,41-25-15-9-5-10-16-25)42-26-17-11-6-12-18-26/h4-18,27-31H,19-20H2,1-3H3/t27-,28-,29-,30+,31+/m1/s1. The molecule has 13 heteroatoms. The highest BCUT2D eigenvalue weighted by Crippen LogP contribution is 2.52. The molecule has 12 nitrogen and oxygen atoms in total. The molecular weight excluding hydrogens is 595 g/mol. The molecule has 3 aromatic carbocycles. The van der Waals surface area contributed by atoms with Gasteiger partial charge in [0.2, 0.25) is 6.29 Å². The first-order valence-corrected chi connectivity index (χ1v) is 15.1. The van der Waals surface area contributed by atoms with Crippen LogP contribution in [-0.2, 0) is 53.8 Å². The average Bonchev–Trinajstić information content (AvgIpc) is 2.98. The van der Waals surface area contributed by atoms with Gasteiger partial charge < -0.3 is 32.7 Å². The van der Waals surface area contributed by atoms with E-state index >= 15 is 0 Å². The number of rotatable bonds is 13. The molecule has 1 aliphatic rings. The number of carbonyl (C=O) groups is 3. The van der Waals surface area contributed by atoms with Gasteiger partial charge in [-0.15, -0.1) is 0 Å². The lowest BCUT2D eigenvalue weighted by molar-refractivity contribution is -0.296. The lowest BCUT2D eigenvalue weighted by atomic mass is 9.98. The van der Waals surface area contributed by atoms with Crippen LogP contribution in [0.4, 0.5) is 0 Å². The zero-order chi connectivity index (χ0) is 31.5.